The summed E-state index contributed by atoms with van der Waals surface area (Å²) in [5.74, 6) is -0.408. The van der Waals surface area contributed by atoms with E-state index in [0.29, 0.717) is 12.2 Å². The van der Waals surface area contributed by atoms with E-state index in [1.807, 2.05) is 0 Å². The lowest BCUT2D eigenvalue weighted by Crippen LogP contribution is -2.42. The topological polar surface area (TPSA) is 67.4 Å². The molecule has 0 atom stereocenters. The van der Waals surface area contributed by atoms with Crippen molar-refractivity contribution in [3.05, 3.63) is 29.8 Å². The average molecular weight is 347 g/mol. The molecule has 0 radical (unpaired) electrons. The molecule has 0 aliphatic rings. The SMILES string of the molecule is CCCCOc1ccc(C(NC(=O)CCl)NC(=O)CCl)cc1. The fourth-order valence-electron chi connectivity index (χ4n) is 1.69. The number of hydrogen-bond donors (Lipinski definition) is 2. The van der Waals surface area contributed by atoms with Crippen molar-refractivity contribution in [1.29, 1.82) is 0 Å². The fraction of sp³-hybridized carbons (Fsp3) is 0.467. The Balaban J connectivity index is 2.75. The van der Waals surface area contributed by atoms with Crippen molar-refractivity contribution in [1.82, 2.24) is 10.6 Å². The lowest BCUT2D eigenvalue weighted by molar-refractivity contribution is -0.122. The van der Waals surface area contributed by atoms with E-state index in [4.69, 9.17) is 27.9 Å². The zero-order chi connectivity index (χ0) is 16.4. The van der Waals surface area contributed by atoms with Crippen molar-refractivity contribution in [2.24, 2.45) is 0 Å². The van der Waals surface area contributed by atoms with Crippen LogP contribution in [0.2, 0.25) is 0 Å². The first-order valence-corrected chi connectivity index (χ1v) is 8.11. The highest BCUT2D eigenvalue weighted by Crippen LogP contribution is 2.17. The van der Waals surface area contributed by atoms with Gasteiger partial charge in [0.25, 0.3) is 0 Å². The van der Waals surface area contributed by atoms with Crippen LogP contribution < -0.4 is 15.4 Å². The van der Waals surface area contributed by atoms with Gasteiger partial charge in [-0.2, -0.15) is 0 Å². The van der Waals surface area contributed by atoms with Gasteiger partial charge in [-0.25, -0.2) is 0 Å². The van der Waals surface area contributed by atoms with Gasteiger partial charge in [0.1, 0.15) is 23.7 Å². The van der Waals surface area contributed by atoms with Crippen LogP contribution in [0.5, 0.6) is 5.75 Å². The zero-order valence-electron chi connectivity index (χ0n) is 12.4. The van der Waals surface area contributed by atoms with Crippen molar-refractivity contribution in [3.63, 3.8) is 0 Å². The molecular formula is C15H20Cl2N2O3. The number of rotatable bonds is 9. The summed E-state index contributed by atoms with van der Waals surface area (Å²) in [5, 5.41) is 5.24. The number of nitrogens with one attached hydrogen (secondary N) is 2. The maximum absolute atomic E-state index is 11.5. The molecule has 0 heterocycles. The van der Waals surface area contributed by atoms with Gasteiger partial charge in [-0.05, 0) is 24.1 Å². The Kier molecular flexibility index (Phi) is 8.70. The van der Waals surface area contributed by atoms with Crippen LogP contribution in [-0.4, -0.2) is 30.2 Å². The second kappa shape index (κ2) is 10.3. The van der Waals surface area contributed by atoms with E-state index in [0.717, 1.165) is 18.6 Å². The summed E-state index contributed by atoms with van der Waals surface area (Å²) in [6, 6.07) is 7.12. The highest BCUT2D eigenvalue weighted by Gasteiger charge is 2.16. The maximum atomic E-state index is 11.5. The second-order valence-corrected chi connectivity index (χ2v) is 5.14. The van der Waals surface area contributed by atoms with Crippen LogP contribution in [0.4, 0.5) is 0 Å². The molecule has 0 aromatic heterocycles. The van der Waals surface area contributed by atoms with Crippen molar-refractivity contribution in [3.8, 4) is 5.75 Å². The van der Waals surface area contributed by atoms with Gasteiger partial charge in [0.2, 0.25) is 11.8 Å². The first kappa shape index (κ1) is 18.6. The molecule has 1 rings (SSSR count). The van der Waals surface area contributed by atoms with E-state index in [1.165, 1.54) is 0 Å². The number of alkyl halides is 2. The van der Waals surface area contributed by atoms with Gasteiger partial charge < -0.3 is 15.4 Å². The molecule has 0 spiro atoms. The summed E-state index contributed by atoms with van der Waals surface area (Å²) in [6.45, 7) is 2.75. The first-order valence-electron chi connectivity index (χ1n) is 7.04. The van der Waals surface area contributed by atoms with Gasteiger partial charge in [0, 0.05) is 0 Å². The third-order valence-electron chi connectivity index (χ3n) is 2.83. The lowest BCUT2D eigenvalue weighted by Gasteiger charge is -2.20. The van der Waals surface area contributed by atoms with Crippen molar-refractivity contribution in [2.45, 2.75) is 25.9 Å². The molecule has 2 amide bonds. The minimum absolute atomic E-state index is 0.189. The van der Waals surface area contributed by atoms with E-state index < -0.39 is 6.17 Å². The highest BCUT2D eigenvalue weighted by molar-refractivity contribution is 6.27. The summed E-state index contributed by atoms with van der Waals surface area (Å²) in [7, 11) is 0. The molecule has 0 fully saturated rings. The Labute approximate surface area is 140 Å². The van der Waals surface area contributed by atoms with Gasteiger partial charge in [-0.3, -0.25) is 9.59 Å². The van der Waals surface area contributed by atoms with E-state index in [-0.39, 0.29) is 23.6 Å². The van der Waals surface area contributed by atoms with E-state index in [9.17, 15) is 9.59 Å². The highest BCUT2D eigenvalue weighted by atomic mass is 35.5. The van der Waals surface area contributed by atoms with Gasteiger partial charge in [0.15, 0.2) is 0 Å². The Hall–Kier alpha value is -1.46. The van der Waals surface area contributed by atoms with Gasteiger partial charge >= 0.3 is 0 Å². The first-order chi connectivity index (χ1) is 10.6. The Bertz CT molecular complexity index is 462. The molecule has 22 heavy (non-hydrogen) atoms. The Morgan fingerprint density at radius 2 is 1.64 bits per heavy atom. The largest absolute Gasteiger partial charge is 0.494 e. The third kappa shape index (κ3) is 6.54. The predicted molar refractivity (Wildman–Crippen MR) is 87.3 cm³/mol. The monoisotopic (exact) mass is 346 g/mol. The van der Waals surface area contributed by atoms with E-state index >= 15 is 0 Å². The molecule has 0 bridgehead atoms. The van der Waals surface area contributed by atoms with Crippen molar-refractivity contribution < 1.29 is 14.3 Å². The third-order valence-corrected chi connectivity index (χ3v) is 3.32. The Morgan fingerprint density at radius 3 is 2.09 bits per heavy atom. The van der Waals surface area contributed by atoms with Crippen LogP contribution in [0, 0.1) is 0 Å². The van der Waals surface area contributed by atoms with E-state index in [2.05, 4.69) is 17.6 Å². The molecule has 0 aliphatic heterocycles. The number of benzene rings is 1. The van der Waals surface area contributed by atoms with Crippen LogP contribution >= 0.6 is 23.2 Å². The number of halogens is 2. The minimum Gasteiger partial charge on any atom is -0.494 e. The van der Waals surface area contributed by atoms with Crippen LogP contribution in [0.25, 0.3) is 0 Å². The summed E-state index contributed by atoms with van der Waals surface area (Å²) in [6.07, 6.45) is 1.37. The molecule has 1 aromatic carbocycles. The van der Waals surface area contributed by atoms with Gasteiger partial charge in [-0.15, -0.1) is 23.2 Å². The number of unbranched alkanes of at least 4 members (excludes halogenated alkanes) is 1. The molecule has 0 aliphatic carbocycles. The number of ether oxygens (including phenoxy) is 1. The lowest BCUT2D eigenvalue weighted by atomic mass is 10.1. The molecule has 0 saturated heterocycles. The van der Waals surface area contributed by atoms with Gasteiger partial charge in [0.05, 0.1) is 6.61 Å². The molecule has 0 unspecified atom stereocenters. The summed E-state index contributed by atoms with van der Waals surface area (Å²) < 4.78 is 5.57. The summed E-state index contributed by atoms with van der Waals surface area (Å²) in [5.41, 5.74) is 0.708. The molecule has 1 aromatic rings. The molecule has 0 saturated carbocycles. The standard InChI is InChI=1S/C15H20Cl2N2O3/c1-2-3-8-22-12-6-4-11(5-7-12)15(18-13(20)9-16)19-14(21)10-17/h4-7,15H,2-3,8-10H2,1H3,(H,18,20)(H,19,21). The van der Waals surface area contributed by atoms with Crippen LogP contribution in [0.15, 0.2) is 24.3 Å². The molecule has 122 valence electrons. The average Bonchev–Trinajstić information content (AvgIpc) is 2.54. The number of amides is 2. The minimum atomic E-state index is -0.679. The normalized spacial score (nSPS) is 10.4. The molecule has 7 heteroatoms. The van der Waals surface area contributed by atoms with Crippen molar-refractivity contribution >= 4 is 35.0 Å². The fourth-order valence-corrected chi connectivity index (χ4v) is 1.85. The van der Waals surface area contributed by atoms with Gasteiger partial charge in [-0.1, -0.05) is 25.5 Å². The molecular weight excluding hydrogens is 327 g/mol. The second-order valence-electron chi connectivity index (χ2n) is 4.61. The van der Waals surface area contributed by atoms with E-state index in [1.54, 1.807) is 24.3 Å². The predicted octanol–water partition coefficient (Wildman–Crippen LogP) is 2.57. The van der Waals surface area contributed by atoms with Crippen LogP contribution in [0.3, 0.4) is 0 Å². The quantitative estimate of drug-likeness (QED) is 0.410. The van der Waals surface area contributed by atoms with Crippen molar-refractivity contribution in [2.75, 3.05) is 18.4 Å². The maximum Gasteiger partial charge on any atom is 0.236 e. The summed E-state index contributed by atoms with van der Waals surface area (Å²) in [4.78, 5) is 22.9. The number of hydrogen-bond acceptors (Lipinski definition) is 3. The zero-order valence-corrected chi connectivity index (χ0v) is 13.9. The number of carbonyl (C=O) groups excluding carboxylic acids is 2. The number of carbonyl (C=O) groups is 2. The Morgan fingerprint density at radius 1 is 1.09 bits per heavy atom. The smallest absolute Gasteiger partial charge is 0.236 e. The van der Waals surface area contributed by atoms with Crippen LogP contribution in [0.1, 0.15) is 31.5 Å². The molecule has 2 N–H and O–H groups in total. The summed E-state index contributed by atoms with van der Waals surface area (Å²) >= 11 is 11.0. The molecule has 5 nitrogen and oxygen atoms in total. The van der Waals surface area contributed by atoms with Crippen LogP contribution in [-0.2, 0) is 9.59 Å².